The van der Waals surface area contributed by atoms with Crippen LogP contribution in [0.5, 0.6) is 5.75 Å². The van der Waals surface area contributed by atoms with Crippen LogP contribution in [0.15, 0.2) is 58.8 Å². The lowest BCUT2D eigenvalue weighted by Gasteiger charge is -2.36. The Morgan fingerprint density at radius 2 is 2.06 bits per heavy atom. The summed E-state index contributed by atoms with van der Waals surface area (Å²) in [7, 11) is 0. The summed E-state index contributed by atoms with van der Waals surface area (Å²) in [5.74, 6) is 1.53. The van der Waals surface area contributed by atoms with E-state index in [4.69, 9.17) is 25.6 Å². The van der Waals surface area contributed by atoms with Crippen LogP contribution in [0.3, 0.4) is 0 Å². The first kappa shape index (κ1) is 23.4. The van der Waals surface area contributed by atoms with E-state index in [2.05, 4.69) is 15.5 Å². The third-order valence-corrected chi connectivity index (χ3v) is 6.51. The van der Waals surface area contributed by atoms with Gasteiger partial charge in [-0.3, -0.25) is 4.90 Å². The van der Waals surface area contributed by atoms with Gasteiger partial charge in [-0.25, -0.2) is 4.79 Å². The number of nitrogens with one attached hydrogen (secondary N) is 1. The van der Waals surface area contributed by atoms with Crippen molar-refractivity contribution in [2.24, 2.45) is 0 Å². The third-order valence-electron chi connectivity index (χ3n) is 6.27. The number of nitrogens with zero attached hydrogens (tertiary/aromatic N) is 3. The van der Waals surface area contributed by atoms with E-state index in [-0.39, 0.29) is 12.1 Å². The van der Waals surface area contributed by atoms with Gasteiger partial charge in [0.1, 0.15) is 5.75 Å². The number of rotatable bonds is 7. The first-order chi connectivity index (χ1) is 17.0. The minimum atomic E-state index is -0.466. The number of amides is 2. The zero-order valence-corrected chi connectivity index (χ0v) is 20.4. The molecule has 2 unspecified atom stereocenters. The Hall–Kier alpha value is -3.36. The maximum absolute atomic E-state index is 13.2. The van der Waals surface area contributed by atoms with E-state index < -0.39 is 6.04 Å². The minimum Gasteiger partial charge on any atom is -0.494 e. The molecule has 2 aliphatic heterocycles. The quantitative estimate of drug-likeness (QED) is 0.468. The predicted molar refractivity (Wildman–Crippen MR) is 132 cm³/mol. The molecule has 35 heavy (non-hydrogen) atoms. The highest BCUT2D eigenvalue weighted by molar-refractivity contribution is 6.30. The smallest absolute Gasteiger partial charge is 0.322 e. The van der Waals surface area contributed by atoms with Crippen LogP contribution >= 0.6 is 11.6 Å². The van der Waals surface area contributed by atoms with Gasteiger partial charge in [-0.05, 0) is 56.5 Å². The normalized spacial score (nSPS) is 20.3. The molecule has 1 aromatic heterocycles. The van der Waals surface area contributed by atoms with Crippen molar-refractivity contribution in [3.8, 4) is 17.1 Å². The van der Waals surface area contributed by atoms with E-state index in [0.717, 1.165) is 47.6 Å². The summed E-state index contributed by atoms with van der Waals surface area (Å²) in [6.07, 6.45) is 1.93. The van der Waals surface area contributed by atoms with Crippen molar-refractivity contribution < 1.29 is 18.8 Å². The molecule has 0 saturated carbocycles. The fraction of sp³-hybridized carbons (Fsp3) is 0.346. The van der Waals surface area contributed by atoms with Gasteiger partial charge in [0.2, 0.25) is 5.82 Å². The minimum absolute atomic E-state index is 0.00341. The lowest BCUT2D eigenvalue weighted by molar-refractivity contribution is 0.0877. The molecule has 1 N–H and O–H groups in total. The highest BCUT2D eigenvalue weighted by Crippen LogP contribution is 2.38. The fourth-order valence-electron chi connectivity index (χ4n) is 4.52. The predicted octanol–water partition coefficient (Wildman–Crippen LogP) is 5.47. The Morgan fingerprint density at radius 3 is 2.77 bits per heavy atom. The summed E-state index contributed by atoms with van der Waals surface area (Å²) < 4.78 is 17.1. The molecule has 3 heterocycles. The Kier molecular flexibility index (Phi) is 6.74. The van der Waals surface area contributed by atoms with Gasteiger partial charge in [-0.15, -0.1) is 0 Å². The van der Waals surface area contributed by atoms with Crippen LogP contribution in [0.4, 0.5) is 4.79 Å². The number of ether oxygens (including phenoxy) is 2. The van der Waals surface area contributed by atoms with Crippen molar-refractivity contribution in [2.75, 3.05) is 19.8 Å². The van der Waals surface area contributed by atoms with Crippen LogP contribution in [-0.2, 0) is 4.74 Å². The Balaban J connectivity index is 1.55. The van der Waals surface area contributed by atoms with Crippen molar-refractivity contribution in [2.45, 2.75) is 38.8 Å². The van der Waals surface area contributed by atoms with Gasteiger partial charge in [0.15, 0.2) is 0 Å². The number of allylic oxidation sites excluding steroid dienone is 1. The van der Waals surface area contributed by atoms with E-state index in [0.29, 0.717) is 29.9 Å². The second kappa shape index (κ2) is 10.1. The number of halogens is 1. The van der Waals surface area contributed by atoms with E-state index in [9.17, 15) is 4.79 Å². The highest BCUT2D eigenvalue weighted by Gasteiger charge is 2.37. The molecule has 2 atom stereocenters. The second-order valence-corrected chi connectivity index (χ2v) is 9.00. The van der Waals surface area contributed by atoms with Crippen LogP contribution in [0, 0.1) is 0 Å². The Labute approximate surface area is 208 Å². The molecule has 9 heteroatoms. The van der Waals surface area contributed by atoms with Gasteiger partial charge in [-0.1, -0.05) is 41.0 Å². The summed E-state index contributed by atoms with van der Waals surface area (Å²) in [4.78, 5) is 19.6. The monoisotopic (exact) mass is 494 g/mol. The van der Waals surface area contributed by atoms with Crippen LogP contribution in [-0.4, -0.2) is 46.9 Å². The highest BCUT2D eigenvalue weighted by atomic mass is 35.5. The average Bonchev–Trinajstić information content (AvgIpc) is 3.55. The number of carbonyl (C=O) groups is 1. The summed E-state index contributed by atoms with van der Waals surface area (Å²) >= 11 is 6.16. The fourth-order valence-corrected chi connectivity index (χ4v) is 4.71. The second-order valence-electron chi connectivity index (χ2n) is 8.56. The topological polar surface area (TPSA) is 89.7 Å². The van der Waals surface area contributed by atoms with Crippen LogP contribution in [0.25, 0.3) is 17.0 Å². The molecule has 2 aliphatic rings. The van der Waals surface area contributed by atoms with Gasteiger partial charge in [0.25, 0.3) is 5.89 Å². The first-order valence-corrected chi connectivity index (χ1v) is 12.1. The van der Waals surface area contributed by atoms with Crippen molar-refractivity contribution >= 4 is 23.2 Å². The summed E-state index contributed by atoms with van der Waals surface area (Å²) in [6, 6.07) is 14.3. The zero-order valence-electron chi connectivity index (χ0n) is 19.7. The standard InChI is InChI=1S/C26H27ClN4O4/c1-3-33-20-11-9-17(10-12-20)23-22(16(2)31(26(32)28-23)15-21-8-5-13-34-21)25-29-24(30-35-25)18-6-4-7-19(27)14-18/h4,6-7,9-12,14,21,23H,3,5,8,13,15H2,1-2H3,(H,28,32). The van der Waals surface area contributed by atoms with E-state index in [1.165, 1.54) is 0 Å². The summed E-state index contributed by atoms with van der Waals surface area (Å²) in [6.45, 7) is 5.61. The maximum Gasteiger partial charge on any atom is 0.322 e. The lowest BCUT2D eigenvalue weighted by atomic mass is 9.94. The molecule has 5 rings (SSSR count). The number of benzene rings is 2. The molecule has 0 bridgehead atoms. The van der Waals surface area contributed by atoms with E-state index in [1.54, 1.807) is 17.0 Å². The van der Waals surface area contributed by atoms with Gasteiger partial charge >= 0.3 is 6.03 Å². The molecular weight excluding hydrogens is 468 g/mol. The Bertz CT molecular complexity index is 1230. The van der Waals surface area contributed by atoms with Gasteiger partial charge in [-0.2, -0.15) is 4.98 Å². The number of aromatic nitrogens is 2. The zero-order chi connectivity index (χ0) is 24.4. The van der Waals surface area contributed by atoms with Gasteiger partial charge < -0.3 is 19.3 Å². The molecule has 0 radical (unpaired) electrons. The molecule has 182 valence electrons. The number of hydrogen-bond acceptors (Lipinski definition) is 6. The van der Waals surface area contributed by atoms with E-state index >= 15 is 0 Å². The molecule has 2 aromatic carbocycles. The van der Waals surface area contributed by atoms with Crippen LogP contribution in [0.1, 0.15) is 44.2 Å². The van der Waals surface area contributed by atoms with Crippen molar-refractivity contribution in [1.29, 1.82) is 0 Å². The van der Waals surface area contributed by atoms with Crippen molar-refractivity contribution in [1.82, 2.24) is 20.4 Å². The van der Waals surface area contributed by atoms with Gasteiger partial charge in [0, 0.05) is 22.9 Å². The molecule has 8 nitrogen and oxygen atoms in total. The van der Waals surface area contributed by atoms with Crippen molar-refractivity contribution in [3.05, 3.63) is 70.7 Å². The van der Waals surface area contributed by atoms with Gasteiger partial charge in [0.05, 0.1) is 30.9 Å². The number of carbonyl (C=O) groups excluding carboxylic acids is 1. The molecule has 1 saturated heterocycles. The van der Waals surface area contributed by atoms with Crippen LogP contribution in [0.2, 0.25) is 5.02 Å². The number of hydrogen-bond donors (Lipinski definition) is 1. The SMILES string of the molecule is CCOc1ccc(C2NC(=O)N(CC3CCCO3)C(C)=C2c2nc(-c3cccc(Cl)c3)no2)cc1. The maximum atomic E-state index is 13.2. The van der Waals surface area contributed by atoms with Crippen LogP contribution < -0.4 is 10.1 Å². The van der Waals surface area contributed by atoms with Crippen molar-refractivity contribution in [3.63, 3.8) is 0 Å². The third kappa shape index (κ3) is 4.90. The molecular formula is C26H27ClN4O4. The molecule has 1 fully saturated rings. The molecule has 0 spiro atoms. The molecule has 2 amide bonds. The first-order valence-electron chi connectivity index (χ1n) is 11.8. The number of urea groups is 1. The largest absolute Gasteiger partial charge is 0.494 e. The summed E-state index contributed by atoms with van der Waals surface area (Å²) in [5, 5.41) is 7.91. The Morgan fingerprint density at radius 1 is 1.23 bits per heavy atom. The van der Waals surface area contributed by atoms with E-state index in [1.807, 2.05) is 50.2 Å². The lowest BCUT2D eigenvalue weighted by Crippen LogP contribution is -2.48. The molecule has 0 aliphatic carbocycles. The average molecular weight is 495 g/mol. The summed E-state index contributed by atoms with van der Waals surface area (Å²) in [5.41, 5.74) is 3.13. The molecule has 3 aromatic rings.